The van der Waals surface area contributed by atoms with Crippen LogP contribution < -0.4 is 0 Å². The summed E-state index contributed by atoms with van der Waals surface area (Å²) in [6, 6.07) is 0. The van der Waals surface area contributed by atoms with Gasteiger partial charge in [0.1, 0.15) is 5.76 Å². The highest BCUT2D eigenvalue weighted by atomic mass is 16.5. The first-order valence-electron chi connectivity index (χ1n) is 8.29. The van der Waals surface area contributed by atoms with Crippen molar-refractivity contribution < 1.29 is 19.2 Å². The summed E-state index contributed by atoms with van der Waals surface area (Å²) in [5, 5.41) is 13.6. The van der Waals surface area contributed by atoms with E-state index in [0.717, 1.165) is 29.9 Å². The molecule has 2 fully saturated rings. The molecule has 6 nitrogen and oxygen atoms in total. The van der Waals surface area contributed by atoms with Crippen LogP contribution in [0.2, 0.25) is 0 Å². The number of carboxylic acid groups (broad SMARTS) is 1. The van der Waals surface area contributed by atoms with Crippen molar-refractivity contribution in [1.82, 2.24) is 10.1 Å². The fraction of sp³-hybridized carbons (Fsp3) is 0.706. The van der Waals surface area contributed by atoms with Crippen molar-refractivity contribution in [3.63, 3.8) is 0 Å². The van der Waals surface area contributed by atoms with Crippen LogP contribution in [0.1, 0.15) is 55.5 Å². The molecule has 0 aromatic carbocycles. The van der Waals surface area contributed by atoms with Gasteiger partial charge in [0.05, 0.1) is 11.1 Å². The molecule has 0 radical (unpaired) electrons. The Kier molecular flexibility index (Phi) is 3.94. The minimum Gasteiger partial charge on any atom is -0.481 e. The van der Waals surface area contributed by atoms with Crippen LogP contribution in [0.3, 0.4) is 0 Å². The van der Waals surface area contributed by atoms with Crippen LogP contribution in [0.4, 0.5) is 0 Å². The number of carbonyl (C=O) groups excluding carboxylic acids is 1. The number of amides is 1. The number of hydrogen-bond acceptors (Lipinski definition) is 4. The second-order valence-corrected chi connectivity index (χ2v) is 7.17. The smallest absolute Gasteiger partial charge is 0.311 e. The molecule has 1 unspecified atom stereocenters. The standard InChI is InChI=1S/C17H24N2O4/c1-10(15-11(2)18-23-12(15)3)7-14(20)19-8-13-5-4-6-17(13,9-19)16(21)22/h10,13H,4-9H2,1-3H3,(H,21,22)/t10?,13-,17+/m0/s1. The molecule has 3 rings (SSSR count). The van der Waals surface area contributed by atoms with E-state index in [-0.39, 0.29) is 17.7 Å². The van der Waals surface area contributed by atoms with Crippen molar-refractivity contribution in [2.75, 3.05) is 13.1 Å². The normalized spacial score (nSPS) is 28.0. The Bertz CT molecular complexity index is 619. The monoisotopic (exact) mass is 320 g/mol. The summed E-state index contributed by atoms with van der Waals surface area (Å²) in [5.74, 6) is 0.179. The number of carbonyl (C=O) groups is 2. The molecule has 1 aliphatic heterocycles. The molecule has 2 aliphatic rings. The summed E-state index contributed by atoms with van der Waals surface area (Å²) < 4.78 is 5.18. The predicted molar refractivity (Wildman–Crippen MR) is 83.0 cm³/mol. The maximum Gasteiger partial charge on any atom is 0.311 e. The molecule has 1 aromatic rings. The Labute approximate surface area is 135 Å². The maximum atomic E-state index is 12.7. The molecule has 1 aromatic heterocycles. The van der Waals surface area contributed by atoms with E-state index in [2.05, 4.69) is 5.16 Å². The second kappa shape index (κ2) is 5.65. The average Bonchev–Trinajstić information content (AvgIpc) is 3.11. The first kappa shape index (κ1) is 16.0. The summed E-state index contributed by atoms with van der Waals surface area (Å²) in [7, 11) is 0. The molecule has 6 heteroatoms. The van der Waals surface area contributed by atoms with Gasteiger partial charge >= 0.3 is 5.97 Å². The number of aliphatic carboxylic acids is 1. The summed E-state index contributed by atoms with van der Waals surface area (Å²) >= 11 is 0. The molecule has 3 atom stereocenters. The summed E-state index contributed by atoms with van der Waals surface area (Å²) in [6.45, 7) is 6.68. The molecule has 1 N–H and O–H groups in total. The zero-order valence-corrected chi connectivity index (χ0v) is 14.0. The minimum atomic E-state index is -0.742. The topological polar surface area (TPSA) is 83.6 Å². The van der Waals surface area contributed by atoms with Gasteiger partial charge in [0, 0.05) is 25.1 Å². The van der Waals surface area contributed by atoms with E-state index >= 15 is 0 Å². The van der Waals surface area contributed by atoms with Gasteiger partial charge in [-0.25, -0.2) is 0 Å². The largest absolute Gasteiger partial charge is 0.481 e. The fourth-order valence-electron chi connectivity index (χ4n) is 4.52. The van der Waals surface area contributed by atoms with Gasteiger partial charge < -0.3 is 14.5 Å². The van der Waals surface area contributed by atoms with Crippen molar-refractivity contribution in [2.24, 2.45) is 11.3 Å². The van der Waals surface area contributed by atoms with Gasteiger partial charge in [-0.05, 0) is 38.5 Å². The maximum absolute atomic E-state index is 12.7. The van der Waals surface area contributed by atoms with E-state index in [9.17, 15) is 14.7 Å². The Morgan fingerprint density at radius 1 is 1.48 bits per heavy atom. The summed E-state index contributed by atoms with van der Waals surface area (Å²) in [6.07, 6.45) is 2.92. The molecule has 0 bridgehead atoms. The fourth-order valence-corrected chi connectivity index (χ4v) is 4.52. The van der Waals surface area contributed by atoms with Crippen LogP contribution in [0.5, 0.6) is 0 Å². The molecule has 126 valence electrons. The number of aryl methyl sites for hydroxylation is 2. The van der Waals surface area contributed by atoms with E-state index in [1.807, 2.05) is 20.8 Å². The average molecular weight is 320 g/mol. The lowest BCUT2D eigenvalue weighted by Gasteiger charge is -2.24. The molecule has 1 aliphatic carbocycles. The number of hydrogen-bond donors (Lipinski definition) is 1. The third kappa shape index (κ3) is 2.54. The number of aromatic nitrogens is 1. The highest BCUT2D eigenvalue weighted by Crippen LogP contribution is 2.49. The highest BCUT2D eigenvalue weighted by Gasteiger charge is 2.55. The number of carboxylic acids is 1. The number of rotatable bonds is 4. The first-order chi connectivity index (χ1) is 10.8. The predicted octanol–water partition coefficient (Wildman–Crippen LogP) is 2.50. The van der Waals surface area contributed by atoms with E-state index in [1.54, 1.807) is 4.90 Å². The zero-order chi connectivity index (χ0) is 16.8. The zero-order valence-electron chi connectivity index (χ0n) is 14.0. The molecule has 1 amide bonds. The van der Waals surface area contributed by atoms with Crippen LogP contribution in [0.25, 0.3) is 0 Å². The van der Waals surface area contributed by atoms with Crippen LogP contribution in [0.15, 0.2) is 4.52 Å². The van der Waals surface area contributed by atoms with Gasteiger partial charge in [0.25, 0.3) is 0 Å². The molecule has 2 heterocycles. The van der Waals surface area contributed by atoms with Crippen LogP contribution >= 0.6 is 0 Å². The third-order valence-corrected chi connectivity index (χ3v) is 5.71. The molecule has 1 saturated carbocycles. The van der Waals surface area contributed by atoms with E-state index in [1.165, 1.54) is 0 Å². The minimum absolute atomic E-state index is 0.0231. The molecule has 1 saturated heterocycles. The Morgan fingerprint density at radius 3 is 2.78 bits per heavy atom. The van der Waals surface area contributed by atoms with Gasteiger partial charge in [-0.3, -0.25) is 9.59 Å². The number of nitrogens with zero attached hydrogens (tertiary/aromatic N) is 2. The lowest BCUT2D eigenvalue weighted by Crippen LogP contribution is -2.37. The van der Waals surface area contributed by atoms with Gasteiger partial charge in [-0.2, -0.15) is 0 Å². The molecule has 0 spiro atoms. The number of fused-ring (bicyclic) bond motifs is 1. The SMILES string of the molecule is Cc1noc(C)c1C(C)CC(=O)N1C[C@@H]2CCC[C@@]2(C(=O)O)C1. The van der Waals surface area contributed by atoms with Crippen LogP contribution in [-0.4, -0.2) is 40.1 Å². The summed E-state index contributed by atoms with van der Waals surface area (Å²) in [5.41, 5.74) is 1.11. The number of likely N-dealkylation sites (tertiary alicyclic amines) is 1. The van der Waals surface area contributed by atoms with Crippen LogP contribution in [0, 0.1) is 25.2 Å². The van der Waals surface area contributed by atoms with Crippen molar-refractivity contribution in [1.29, 1.82) is 0 Å². The lowest BCUT2D eigenvalue weighted by molar-refractivity contribution is -0.149. The molecular weight excluding hydrogens is 296 g/mol. The first-order valence-corrected chi connectivity index (χ1v) is 8.29. The van der Waals surface area contributed by atoms with Crippen molar-refractivity contribution in [2.45, 2.75) is 52.4 Å². The van der Waals surface area contributed by atoms with Gasteiger partial charge in [0.2, 0.25) is 5.91 Å². The van der Waals surface area contributed by atoms with Crippen LogP contribution in [-0.2, 0) is 9.59 Å². The Morgan fingerprint density at radius 2 is 2.22 bits per heavy atom. The van der Waals surface area contributed by atoms with Crippen molar-refractivity contribution in [3.8, 4) is 0 Å². The molecule has 23 heavy (non-hydrogen) atoms. The Balaban J connectivity index is 1.69. The highest BCUT2D eigenvalue weighted by molar-refractivity contribution is 5.82. The summed E-state index contributed by atoms with van der Waals surface area (Å²) in [4.78, 5) is 26.1. The second-order valence-electron chi connectivity index (χ2n) is 7.17. The molecular formula is C17H24N2O4. The van der Waals surface area contributed by atoms with Gasteiger partial charge in [0.15, 0.2) is 0 Å². The van der Waals surface area contributed by atoms with Crippen molar-refractivity contribution in [3.05, 3.63) is 17.0 Å². The van der Waals surface area contributed by atoms with Gasteiger partial charge in [-0.1, -0.05) is 18.5 Å². The van der Waals surface area contributed by atoms with E-state index in [4.69, 9.17) is 4.52 Å². The van der Waals surface area contributed by atoms with Crippen molar-refractivity contribution >= 4 is 11.9 Å². The third-order valence-electron chi connectivity index (χ3n) is 5.71. The Hall–Kier alpha value is -1.85. The van der Waals surface area contributed by atoms with Gasteiger partial charge in [-0.15, -0.1) is 0 Å². The van der Waals surface area contributed by atoms with E-state index in [0.29, 0.717) is 25.9 Å². The lowest BCUT2D eigenvalue weighted by atomic mass is 9.81. The quantitative estimate of drug-likeness (QED) is 0.921. The van der Waals surface area contributed by atoms with E-state index < -0.39 is 11.4 Å².